The number of methoxy groups -OCH3 is 1. The Morgan fingerprint density at radius 3 is 2.40 bits per heavy atom. The van der Waals surface area contributed by atoms with E-state index in [1.807, 2.05) is 4.72 Å². The summed E-state index contributed by atoms with van der Waals surface area (Å²) in [7, 11) is -3.09. The van der Waals surface area contributed by atoms with Crippen LogP contribution >= 0.6 is 11.6 Å². The molecule has 2 aromatic rings. The summed E-state index contributed by atoms with van der Waals surface area (Å²) in [4.78, 5) is 11.4. The van der Waals surface area contributed by atoms with Gasteiger partial charge in [0.1, 0.15) is 11.6 Å². The molecule has 2 aromatic carbocycles. The van der Waals surface area contributed by atoms with Gasteiger partial charge >= 0.3 is 5.97 Å². The van der Waals surface area contributed by atoms with Gasteiger partial charge in [0.25, 0.3) is 10.0 Å². The van der Waals surface area contributed by atoms with E-state index in [9.17, 15) is 22.0 Å². The van der Waals surface area contributed by atoms with Gasteiger partial charge in [-0.3, -0.25) is 4.72 Å². The van der Waals surface area contributed by atoms with Crippen molar-refractivity contribution in [3.05, 3.63) is 69.6 Å². The summed E-state index contributed by atoms with van der Waals surface area (Å²) >= 11 is 5.73. The lowest BCUT2D eigenvalue weighted by Gasteiger charge is -2.08. The molecule has 0 heterocycles. The van der Waals surface area contributed by atoms with Crippen LogP contribution in [0.4, 0.5) is 14.5 Å². The van der Waals surface area contributed by atoms with E-state index in [4.69, 9.17) is 11.6 Å². The Hall–Kier alpha value is -2.45. The lowest BCUT2D eigenvalue weighted by atomic mass is 10.2. The van der Waals surface area contributed by atoms with Crippen LogP contribution in [0.2, 0.25) is 5.02 Å². The summed E-state index contributed by atoms with van der Waals surface area (Å²) in [6.45, 7) is 0. The third-order valence-electron chi connectivity index (χ3n) is 3.02. The Morgan fingerprint density at radius 1 is 1.16 bits per heavy atom. The Morgan fingerprint density at radius 2 is 1.80 bits per heavy atom. The molecule has 5 nitrogen and oxygen atoms in total. The van der Waals surface area contributed by atoms with E-state index in [1.165, 1.54) is 6.08 Å². The zero-order valence-electron chi connectivity index (χ0n) is 12.8. The molecule has 0 fully saturated rings. The number of nitrogens with one attached hydrogen (secondary N) is 1. The SMILES string of the molecule is COC(=O)c1cc(NS(=O)(=O)/C=C\c2ccc(Cl)cc2)c(F)cc1F. The summed E-state index contributed by atoms with van der Waals surface area (Å²) in [5.41, 5.74) is -0.629. The van der Waals surface area contributed by atoms with Crippen LogP contribution < -0.4 is 4.72 Å². The number of anilines is 1. The molecule has 0 aliphatic rings. The summed E-state index contributed by atoms with van der Waals surface area (Å²) < 4.78 is 57.7. The van der Waals surface area contributed by atoms with E-state index >= 15 is 0 Å². The molecule has 0 saturated heterocycles. The van der Waals surface area contributed by atoms with Crippen molar-refractivity contribution in [2.45, 2.75) is 0 Å². The number of rotatable bonds is 5. The quantitative estimate of drug-likeness (QED) is 0.792. The van der Waals surface area contributed by atoms with Gasteiger partial charge in [-0.15, -0.1) is 0 Å². The molecular formula is C16H12ClF2NO4S. The van der Waals surface area contributed by atoms with Crippen molar-refractivity contribution in [3.8, 4) is 0 Å². The van der Waals surface area contributed by atoms with Crippen LogP contribution in [0.5, 0.6) is 0 Å². The molecule has 0 aliphatic carbocycles. The van der Waals surface area contributed by atoms with E-state index in [-0.39, 0.29) is 0 Å². The van der Waals surface area contributed by atoms with Crippen molar-refractivity contribution in [1.82, 2.24) is 0 Å². The molecule has 132 valence electrons. The standard InChI is InChI=1S/C16H12ClF2NO4S/c1-24-16(21)12-8-15(14(19)9-13(12)18)20-25(22,23)7-6-10-2-4-11(17)5-3-10/h2-9,20H,1H3/b7-6-. The van der Waals surface area contributed by atoms with Crippen LogP contribution in [0.15, 0.2) is 41.8 Å². The smallest absolute Gasteiger partial charge is 0.340 e. The van der Waals surface area contributed by atoms with Crippen LogP contribution in [-0.4, -0.2) is 21.5 Å². The monoisotopic (exact) mass is 387 g/mol. The molecular weight excluding hydrogens is 376 g/mol. The van der Waals surface area contributed by atoms with Gasteiger partial charge in [0, 0.05) is 11.1 Å². The Balaban J connectivity index is 2.28. The van der Waals surface area contributed by atoms with Crippen molar-refractivity contribution >= 4 is 39.4 Å². The lowest BCUT2D eigenvalue weighted by Crippen LogP contribution is -2.13. The first-order chi connectivity index (χ1) is 11.7. The maximum atomic E-state index is 13.8. The highest BCUT2D eigenvalue weighted by atomic mass is 35.5. The fraction of sp³-hybridized carbons (Fsp3) is 0.0625. The number of hydrogen-bond donors (Lipinski definition) is 1. The van der Waals surface area contributed by atoms with Crippen LogP contribution in [0.1, 0.15) is 15.9 Å². The normalized spacial score (nSPS) is 11.5. The van der Waals surface area contributed by atoms with Crippen molar-refractivity contribution in [2.24, 2.45) is 0 Å². The van der Waals surface area contributed by atoms with Crippen molar-refractivity contribution in [2.75, 3.05) is 11.8 Å². The molecule has 0 bridgehead atoms. The van der Waals surface area contributed by atoms with E-state index in [0.29, 0.717) is 16.7 Å². The topological polar surface area (TPSA) is 72.5 Å². The van der Waals surface area contributed by atoms with Gasteiger partial charge in [0.15, 0.2) is 0 Å². The third-order valence-corrected chi connectivity index (χ3v) is 4.27. The maximum Gasteiger partial charge on any atom is 0.340 e. The van der Waals surface area contributed by atoms with Crippen LogP contribution in [0, 0.1) is 11.6 Å². The van der Waals surface area contributed by atoms with Gasteiger partial charge in [-0.25, -0.2) is 22.0 Å². The number of carbonyl (C=O) groups is 1. The maximum absolute atomic E-state index is 13.8. The lowest BCUT2D eigenvalue weighted by molar-refractivity contribution is 0.0595. The Kier molecular flexibility index (Phi) is 5.76. The van der Waals surface area contributed by atoms with Gasteiger partial charge in [-0.1, -0.05) is 23.7 Å². The van der Waals surface area contributed by atoms with E-state index in [0.717, 1.165) is 18.6 Å². The highest BCUT2D eigenvalue weighted by Crippen LogP contribution is 2.22. The van der Waals surface area contributed by atoms with E-state index < -0.39 is 38.9 Å². The second-order valence-corrected chi connectivity index (χ2v) is 6.81. The fourth-order valence-corrected chi connectivity index (χ4v) is 2.82. The fourth-order valence-electron chi connectivity index (χ4n) is 1.82. The highest BCUT2D eigenvalue weighted by molar-refractivity contribution is 7.95. The molecule has 2 rings (SSSR count). The number of hydrogen-bond acceptors (Lipinski definition) is 4. The first-order valence-electron chi connectivity index (χ1n) is 6.75. The third kappa shape index (κ3) is 5.01. The minimum atomic E-state index is -4.11. The van der Waals surface area contributed by atoms with Gasteiger partial charge in [0.05, 0.1) is 23.8 Å². The summed E-state index contributed by atoms with van der Waals surface area (Å²) in [5, 5.41) is 1.29. The van der Waals surface area contributed by atoms with Crippen LogP contribution in [0.25, 0.3) is 6.08 Å². The van der Waals surface area contributed by atoms with Gasteiger partial charge in [-0.05, 0) is 29.8 Å². The molecule has 0 aliphatic heterocycles. The first kappa shape index (κ1) is 18.9. The molecule has 1 N–H and O–H groups in total. The summed E-state index contributed by atoms with van der Waals surface area (Å²) in [5.74, 6) is -3.40. The molecule has 0 atom stereocenters. The van der Waals surface area contributed by atoms with Gasteiger partial charge in [-0.2, -0.15) is 0 Å². The average Bonchev–Trinajstić information content (AvgIpc) is 2.56. The number of benzene rings is 2. The van der Waals surface area contributed by atoms with E-state index in [1.54, 1.807) is 24.3 Å². The Bertz CT molecular complexity index is 928. The number of carbonyl (C=O) groups excluding carboxylic acids is 1. The average molecular weight is 388 g/mol. The molecule has 25 heavy (non-hydrogen) atoms. The number of esters is 1. The minimum absolute atomic E-state index is 0.396. The Labute approximate surface area is 147 Å². The second kappa shape index (κ2) is 7.62. The summed E-state index contributed by atoms with van der Waals surface area (Å²) in [6.07, 6.45) is 1.27. The molecule has 0 radical (unpaired) electrons. The van der Waals surface area contributed by atoms with Gasteiger partial charge in [0.2, 0.25) is 0 Å². The largest absolute Gasteiger partial charge is 0.465 e. The molecule has 0 spiro atoms. The molecule has 0 aromatic heterocycles. The zero-order valence-corrected chi connectivity index (χ0v) is 14.4. The van der Waals surface area contributed by atoms with Crippen molar-refractivity contribution < 1.29 is 26.7 Å². The number of ether oxygens (including phenoxy) is 1. The minimum Gasteiger partial charge on any atom is -0.465 e. The van der Waals surface area contributed by atoms with Gasteiger partial charge < -0.3 is 4.74 Å². The summed E-state index contributed by atoms with van der Waals surface area (Å²) in [6, 6.07) is 7.44. The number of halogens is 3. The predicted octanol–water partition coefficient (Wildman–Crippen LogP) is 3.82. The van der Waals surface area contributed by atoms with Crippen LogP contribution in [0.3, 0.4) is 0 Å². The molecule has 0 unspecified atom stereocenters. The molecule has 0 saturated carbocycles. The first-order valence-corrected chi connectivity index (χ1v) is 8.68. The molecule has 9 heteroatoms. The van der Waals surface area contributed by atoms with E-state index in [2.05, 4.69) is 4.74 Å². The molecule has 0 amide bonds. The zero-order chi connectivity index (χ0) is 18.6. The van der Waals surface area contributed by atoms with Crippen molar-refractivity contribution in [1.29, 1.82) is 0 Å². The van der Waals surface area contributed by atoms with Crippen molar-refractivity contribution in [3.63, 3.8) is 0 Å². The predicted molar refractivity (Wildman–Crippen MR) is 90.7 cm³/mol. The van der Waals surface area contributed by atoms with Crippen LogP contribution in [-0.2, 0) is 14.8 Å². The second-order valence-electron chi connectivity index (χ2n) is 4.80. The highest BCUT2D eigenvalue weighted by Gasteiger charge is 2.18. The number of sulfonamides is 1.